The molecule has 1 saturated carbocycles. The van der Waals surface area contributed by atoms with Crippen molar-refractivity contribution < 1.29 is 9.47 Å². The molecule has 2 rings (SSSR count). The third-order valence-corrected chi connectivity index (χ3v) is 4.99. The Morgan fingerprint density at radius 2 is 1.93 bits per heavy atom. The molecule has 0 aromatic heterocycles. The molecule has 27 heavy (non-hydrogen) atoms. The molecule has 1 atom stereocenters. The Hall–Kier alpha value is -1.59. The summed E-state index contributed by atoms with van der Waals surface area (Å²) in [5, 5.41) is 6.82. The largest absolute Gasteiger partial charge is 0.382 e. The molecule has 1 aromatic rings. The Morgan fingerprint density at radius 3 is 2.59 bits per heavy atom. The van der Waals surface area contributed by atoms with Crippen LogP contribution < -0.4 is 10.6 Å². The van der Waals surface area contributed by atoms with Gasteiger partial charge in [0, 0.05) is 32.8 Å². The van der Waals surface area contributed by atoms with Crippen molar-refractivity contribution >= 4 is 5.96 Å². The highest BCUT2D eigenvalue weighted by atomic mass is 16.5. The van der Waals surface area contributed by atoms with Gasteiger partial charge in [0.15, 0.2) is 5.96 Å². The Balaban J connectivity index is 1.68. The minimum Gasteiger partial charge on any atom is -0.382 e. The number of ether oxygens (including phenoxy) is 2. The first-order valence-electron chi connectivity index (χ1n) is 10.4. The van der Waals surface area contributed by atoms with Crippen LogP contribution in [-0.2, 0) is 16.1 Å². The van der Waals surface area contributed by atoms with E-state index in [1.54, 1.807) is 0 Å². The molecular weight excluding hydrogens is 338 g/mol. The van der Waals surface area contributed by atoms with Crippen LogP contribution in [0.1, 0.15) is 45.6 Å². The van der Waals surface area contributed by atoms with E-state index in [2.05, 4.69) is 43.5 Å². The average Bonchev–Trinajstić information content (AvgIpc) is 3.45. The topological polar surface area (TPSA) is 54.9 Å². The summed E-state index contributed by atoms with van der Waals surface area (Å²) < 4.78 is 11.4. The molecule has 0 heterocycles. The summed E-state index contributed by atoms with van der Waals surface area (Å²) in [5.41, 5.74) is 1.59. The molecule has 0 amide bonds. The lowest BCUT2D eigenvalue weighted by Crippen LogP contribution is -2.40. The van der Waals surface area contributed by atoms with Crippen molar-refractivity contribution in [2.45, 2.75) is 46.6 Å². The molecule has 5 heteroatoms. The van der Waals surface area contributed by atoms with Crippen LogP contribution in [0.5, 0.6) is 0 Å². The van der Waals surface area contributed by atoms with Gasteiger partial charge in [-0.2, -0.15) is 0 Å². The van der Waals surface area contributed by atoms with Gasteiger partial charge >= 0.3 is 0 Å². The number of guanidine groups is 1. The molecule has 1 unspecified atom stereocenters. The Kier molecular flexibility index (Phi) is 9.64. The van der Waals surface area contributed by atoms with Crippen molar-refractivity contribution in [2.75, 3.05) is 39.5 Å². The second-order valence-electron chi connectivity index (χ2n) is 7.63. The molecule has 5 nitrogen and oxygen atoms in total. The Labute approximate surface area is 164 Å². The first kappa shape index (κ1) is 21.7. The summed E-state index contributed by atoms with van der Waals surface area (Å²) in [6.07, 6.45) is 3.66. The van der Waals surface area contributed by atoms with Crippen LogP contribution in [-0.4, -0.2) is 45.4 Å². The standard InChI is InChI=1S/C22H37N3O2/c1-4-23-21(25-18-22(11-12-22)13-14-26-5-2)24-15-19(3)16-27-17-20-9-7-6-8-10-20/h6-10,19H,4-5,11-18H2,1-3H3,(H2,23,24,25). The van der Waals surface area contributed by atoms with Gasteiger partial charge in [-0.15, -0.1) is 0 Å². The van der Waals surface area contributed by atoms with E-state index in [9.17, 15) is 0 Å². The maximum atomic E-state index is 5.84. The van der Waals surface area contributed by atoms with Crippen LogP contribution >= 0.6 is 0 Å². The second-order valence-corrected chi connectivity index (χ2v) is 7.63. The molecule has 0 spiro atoms. The van der Waals surface area contributed by atoms with Gasteiger partial charge in [0.2, 0.25) is 0 Å². The second kappa shape index (κ2) is 12.0. The van der Waals surface area contributed by atoms with E-state index < -0.39 is 0 Å². The van der Waals surface area contributed by atoms with Crippen molar-refractivity contribution in [1.29, 1.82) is 0 Å². The minimum absolute atomic E-state index is 0.377. The summed E-state index contributed by atoms with van der Waals surface area (Å²) in [6.45, 7) is 12.0. The fourth-order valence-corrected chi connectivity index (χ4v) is 2.97. The predicted octanol–water partition coefficient (Wildman–Crippen LogP) is 3.60. The van der Waals surface area contributed by atoms with Gasteiger partial charge < -0.3 is 20.1 Å². The van der Waals surface area contributed by atoms with Gasteiger partial charge in [0.1, 0.15) is 0 Å². The van der Waals surface area contributed by atoms with Crippen LogP contribution in [0.2, 0.25) is 0 Å². The normalized spacial score (nSPS) is 16.8. The summed E-state index contributed by atoms with van der Waals surface area (Å²) in [4.78, 5) is 4.82. The van der Waals surface area contributed by atoms with Crippen molar-refractivity contribution in [3.63, 3.8) is 0 Å². The first-order chi connectivity index (χ1) is 13.2. The van der Waals surface area contributed by atoms with Crippen LogP contribution in [0, 0.1) is 11.3 Å². The maximum Gasteiger partial charge on any atom is 0.191 e. The third-order valence-electron chi connectivity index (χ3n) is 4.99. The van der Waals surface area contributed by atoms with Gasteiger partial charge in [-0.05, 0) is 50.0 Å². The van der Waals surface area contributed by atoms with Crippen LogP contribution in [0.4, 0.5) is 0 Å². The van der Waals surface area contributed by atoms with Crippen LogP contribution in [0.15, 0.2) is 35.3 Å². The third kappa shape index (κ3) is 8.76. The van der Waals surface area contributed by atoms with Crippen molar-refractivity contribution in [3.05, 3.63) is 35.9 Å². The molecular formula is C22H37N3O2. The zero-order chi connectivity index (χ0) is 19.4. The summed E-state index contributed by atoms with van der Waals surface area (Å²) in [7, 11) is 0. The lowest BCUT2D eigenvalue weighted by atomic mass is 10.0. The lowest BCUT2D eigenvalue weighted by Gasteiger charge is -2.18. The van der Waals surface area contributed by atoms with E-state index in [0.29, 0.717) is 17.9 Å². The average molecular weight is 376 g/mol. The van der Waals surface area contributed by atoms with Gasteiger partial charge in [0.25, 0.3) is 0 Å². The Morgan fingerprint density at radius 1 is 1.15 bits per heavy atom. The molecule has 1 aromatic carbocycles. The van der Waals surface area contributed by atoms with Crippen molar-refractivity contribution in [1.82, 2.24) is 10.6 Å². The van der Waals surface area contributed by atoms with Gasteiger partial charge in [-0.1, -0.05) is 37.3 Å². The zero-order valence-corrected chi connectivity index (χ0v) is 17.3. The SMILES string of the molecule is CCNC(=NCC1(CCOCC)CC1)NCC(C)COCc1ccccc1. The fourth-order valence-electron chi connectivity index (χ4n) is 2.97. The zero-order valence-electron chi connectivity index (χ0n) is 17.3. The minimum atomic E-state index is 0.377. The molecule has 1 fully saturated rings. The van der Waals surface area contributed by atoms with E-state index in [4.69, 9.17) is 14.5 Å². The van der Waals surface area contributed by atoms with E-state index in [1.807, 2.05) is 18.2 Å². The highest BCUT2D eigenvalue weighted by Crippen LogP contribution is 2.48. The van der Waals surface area contributed by atoms with Gasteiger partial charge in [0.05, 0.1) is 13.2 Å². The quantitative estimate of drug-likeness (QED) is 0.314. The number of hydrogen-bond acceptors (Lipinski definition) is 3. The van der Waals surface area contributed by atoms with Gasteiger partial charge in [-0.3, -0.25) is 4.99 Å². The fraction of sp³-hybridized carbons (Fsp3) is 0.682. The number of nitrogens with zero attached hydrogens (tertiary/aromatic N) is 1. The Bertz CT molecular complexity index is 544. The first-order valence-corrected chi connectivity index (χ1v) is 10.4. The molecule has 1 aliphatic carbocycles. The van der Waals surface area contributed by atoms with E-state index in [1.165, 1.54) is 18.4 Å². The molecule has 0 aliphatic heterocycles. The van der Waals surface area contributed by atoms with Gasteiger partial charge in [-0.25, -0.2) is 0 Å². The molecule has 152 valence electrons. The van der Waals surface area contributed by atoms with Crippen LogP contribution in [0.25, 0.3) is 0 Å². The highest BCUT2D eigenvalue weighted by molar-refractivity contribution is 5.79. The smallest absolute Gasteiger partial charge is 0.191 e. The number of benzene rings is 1. The number of rotatable bonds is 13. The van der Waals surface area contributed by atoms with E-state index >= 15 is 0 Å². The van der Waals surface area contributed by atoms with Crippen molar-refractivity contribution in [3.8, 4) is 0 Å². The molecule has 0 saturated heterocycles. The van der Waals surface area contributed by atoms with E-state index in [0.717, 1.165) is 51.8 Å². The number of nitrogens with one attached hydrogen (secondary N) is 2. The maximum absolute atomic E-state index is 5.84. The number of hydrogen-bond donors (Lipinski definition) is 2. The molecule has 1 aliphatic rings. The molecule has 2 N–H and O–H groups in total. The monoisotopic (exact) mass is 375 g/mol. The van der Waals surface area contributed by atoms with Crippen LogP contribution in [0.3, 0.4) is 0 Å². The summed E-state index contributed by atoms with van der Waals surface area (Å²) >= 11 is 0. The summed E-state index contributed by atoms with van der Waals surface area (Å²) in [6, 6.07) is 10.3. The molecule has 0 radical (unpaired) electrons. The number of aliphatic imine (C=N–C) groups is 1. The van der Waals surface area contributed by atoms with Crippen molar-refractivity contribution in [2.24, 2.45) is 16.3 Å². The summed E-state index contributed by atoms with van der Waals surface area (Å²) in [5.74, 6) is 1.33. The molecule has 0 bridgehead atoms. The van der Waals surface area contributed by atoms with E-state index in [-0.39, 0.29) is 0 Å². The lowest BCUT2D eigenvalue weighted by molar-refractivity contribution is 0.0931. The predicted molar refractivity (Wildman–Crippen MR) is 112 cm³/mol. The highest BCUT2D eigenvalue weighted by Gasteiger charge is 2.41.